The van der Waals surface area contributed by atoms with E-state index in [1.54, 1.807) is 12.1 Å². The first-order valence-corrected chi connectivity index (χ1v) is 4.28. The molecule has 12 heavy (non-hydrogen) atoms. The topological polar surface area (TPSA) is 40.5 Å². The van der Waals surface area contributed by atoms with Gasteiger partial charge >= 0.3 is 7.12 Å². The molecule has 1 aromatic carbocycles. The normalized spacial score (nSPS) is 9.92. The average molecular weight is 184 g/mol. The summed E-state index contributed by atoms with van der Waals surface area (Å²) in [5, 5.41) is 17.5. The van der Waals surface area contributed by atoms with Gasteiger partial charge in [-0.25, -0.2) is 0 Å². The minimum Gasteiger partial charge on any atom is -0.423 e. The van der Waals surface area contributed by atoms with Crippen LogP contribution in [0.4, 0.5) is 0 Å². The predicted molar refractivity (Wildman–Crippen MR) is 50.7 cm³/mol. The molecule has 0 aliphatic heterocycles. The summed E-state index contributed by atoms with van der Waals surface area (Å²) in [5.74, 6) is 0.584. The van der Waals surface area contributed by atoms with E-state index in [0.717, 1.165) is 12.0 Å². The highest BCUT2D eigenvalue weighted by molar-refractivity contribution is 6.58. The fraction of sp³-hybridized carbons (Fsp3) is 0.250. The van der Waals surface area contributed by atoms with Gasteiger partial charge in [0.2, 0.25) is 0 Å². The third-order valence-corrected chi connectivity index (χ3v) is 1.85. The Hall–Kier alpha value is -0.505. The quantitative estimate of drug-likeness (QED) is 0.519. The standard InChI is InChI=1S/C8H10BClO2/c10-6-5-7-1-3-8(4-2-7)9(11)12/h1-4,11-12H,5-6H2. The van der Waals surface area contributed by atoms with Crippen LogP contribution in [-0.4, -0.2) is 23.0 Å². The molecule has 2 N–H and O–H groups in total. The summed E-state index contributed by atoms with van der Waals surface area (Å²) >= 11 is 5.54. The molecule has 0 radical (unpaired) electrons. The molecule has 0 aliphatic carbocycles. The molecule has 64 valence electrons. The Bertz CT molecular complexity index is 235. The van der Waals surface area contributed by atoms with Gasteiger partial charge in [0.1, 0.15) is 0 Å². The molecule has 0 amide bonds. The van der Waals surface area contributed by atoms with Gasteiger partial charge in [0.25, 0.3) is 0 Å². The van der Waals surface area contributed by atoms with Crippen molar-refractivity contribution in [3.8, 4) is 0 Å². The maximum atomic E-state index is 8.77. The van der Waals surface area contributed by atoms with Gasteiger partial charge in [0.05, 0.1) is 0 Å². The largest absolute Gasteiger partial charge is 0.488 e. The molecular weight excluding hydrogens is 174 g/mol. The lowest BCUT2D eigenvalue weighted by Crippen LogP contribution is -2.29. The molecule has 2 nitrogen and oxygen atoms in total. The Morgan fingerprint density at radius 1 is 1.17 bits per heavy atom. The van der Waals surface area contributed by atoms with Crippen LogP contribution in [0.2, 0.25) is 0 Å². The number of halogens is 1. The van der Waals surface area contributed by atoms with E-state index in [9.17, 15) is 0 Å². The molecule has 0 aromatic heterocycles. The van der Waals surface area contributed by atoms with E-state index >= 15 is 0 Å². The third-order valence-electron chi connectivity index (χ3n) is 1.66. The summed E-state index contributed by atoms with van der Waals surface area (Å²) in [6, 6.07) is 7.06. The van der Waals surface area contributed by atoms with Gasteiger partial charge in [0.15, 0.2) is 0 Å². The summed E-state index contributed by atoms with van der Waals surface area (Å²) in [5.41, 5.74) is 1.61. The molecular formula is C8H10BClO2. The molecule has 0 heterocycles. The highest BCUT2D eigenvalue weighted by Crippen LogP contribution is 1.99. The van der Waals surface area contributed by atoms with Crippen LogP contribution in [0.15, 0.2) is 24.3 Å². The number of aryl methyl sites for hydroxylation is 1. The molecule has 0 spiro atoms. The van der Waals surface area contributed by atoms with Crippen molar-refractivity contribution in [3.05, 3.63) is 29.8 Å². The number of benzene rings is 1. The summed E-state index contributed by atoms with van der Waals surface area (Å²) in [6.07, 6.45) is 0.809. The molecule has 0 unspecified atom stereocenters. The van der Waals surface area contributed by atoms with E-state index in [1.807, 2.05) is 12.1 Å². The van der Waals surface area contributed by atoms with Crippen molar-refractivity contribution in [2.24, 2.45) is 0 Å². The molecule has 0 bridgehead atoms. The van der Waals surface area contributed by atoms with Gasteiger partial charge in [-0.3, -0.25) is 0 Å². The summed E-state index contributed by atoms with van der Waals surface area (Å²) in [6.45, 7) is 0. The summed E-state index contributed by atoms with van der Waals surface area (Å²) in [4.78, 5) is 0. The van der Waals surface area contributed by atoms with E-state index in [2.05, 4.69) is 0 Å². The Balaban J connectivity index is 2.71. The molecule has 0 fully saturated rings. The first kappa shape index (κ1) is 9.58. The Labute approximate surface area is 76.9 Å². The second-order valence-electron chi connectivity index (χ2n) is 2.55. The van der Waals surface area contributed by atoms with Gasteiger partial charge in [-0.2, -0.15) is 0 Å². The third kappa shape index (κ3) is 2.52. The highest BCUT2D eigenvalue weighted by Gasteiger charge is 2.09. The van der Waals surface area contributed by atoms with Crippen LogP contribution in [0.5, 0.6) is 0 Å². The van der Waals surface area contributed by atoms with Crippen LogP contribution in [0.1, 0.15) is 5.56 Å². The minimum atomic E-state index is -1.38. The van der Waals surface area contributed by atoms with Gasteiger partial charge in [-0.15, -0.1) is 11.6 Å². The van der Waals surface area contributed by atoms with Crippen molar-refractivity contribution in [2.75, 3.05) is 5.88 Å². The SMILES string of the molecule is OB(O)c1ccc(CCCl)cc1. The number of alkyl halides is 1. The Kier molecular flexibility index (Phi) is 3.60. The fourth-order valence-electron chi connectivity index (χ4n) is 0.966. The van der Waals surface area contributed by atoms with E-state index in [-0.39, 0.29) is 0 Å². The van der Waals surface area contributed by atoms with Crippen molar-refractivity contribution in [1.29, 1.82) is 0 Å². The molecule has 0 atom stereocenters. The van der Waals surface area contributed by atoms with Crippen LogP contribution in [-0.2, 0) is 6.42 Å². The number of hydrogen-bond acceptors (Lipinski definition) is 2. The van der Waals surface area contributed by atoms with Crippen molar-refractivity contribution in [3.63, 3.8) is 0 Å². The smallest absolute Gasteiger partial charge is 0.423 e. The molecule has 4 heteroatoms. The molecule has 0 saturated carbocycles. The first-order chi connectivity index (χ1) is 5.74. The predicted octanol–water partition coefficient (Wildman–Crippen LogP) is 0.148. The van der Waals surface area contributed by atoms with Crippen molar-refractivity contribution in [1.82, 2.24) is 0 Å². The minimum absolute atomic E-state index is 0.508. The van der Waals surface area contributed by atoms with Gasteiger partial charge in [-0.05, 0) is 17.4 Å². The molecule has 1 aromatic rings. The Morgan fingerprint density at radius 2 is 1.75 bits per heavy atom. The second-order valence-corrected chi connectivity index (χ2v) is 2.93. The monoisotopic (exact) mass is 184 g/mol. The van der Waals surface area contributed by atoms with Crippen LogP contribution in [0.3, 0.4) is 0 Å². The van der Waals surface area contributed by atoms with Crippen molar-refractivity contribution < 1.29 is 10.0 Å². The van der Waals surface area contributed by atoms with E-state index < -0.39 is 7.12 Å². The molecule has 1 rings (SSSR count). The highest BCUT2D eigenvalue weighted by atomic mass is 35.5. The lowest BCUT2D eigenvalue weighted by molar-refractivity contribution is 0.426. The number of rotatable bonds is 3. The Morgan fingerprint density at radius 3 is 2.17 bits per heavy atom. The number of hydrogen-bond donors (Lipinski definition) is 2. The summed E-state index contributed by atoms with van der Waals surface area (Å²) in [7, 11) is -1.38. The summed E-state index contributed by atoms with van der Waals surface area (Å²) < 4.78 is 0. The van der Waals surface area contributed by atoms with E-state index in [1.165, 1.54) is 0 Å². The second kappa shape index (κ2) is 4.50. The fourth-order valence-corrected chi connectivity index (χ4v) is 1.18. The van der Waals surface area contributed by atoms with Crippen molar-refractivity contribution in [2.45, 2.75) is 6.42 Å². The van der Waals surface area contributed by atoms with Gasteiger partial charge < -0.3 is 10.0 Å². The lowest BCUT2D eigenvalue weighted by atomic mass is 9.80. The lowest BCUT2D eigenvalue weighted by Gasteiger charge is -2.00. The zero-order valence-corrected chi connectivity index (χ0v) is 7.33. The maximum Gasteiger partial charge on any atom is 0.488 e. The molecule has 0 saturated heterocycles. The zero-order chi connectivity index (χ0) is 8.97. The molecule has 0 aliphatic rings. The van der Waals surface area contributed by atoms with Crippen LogP contribution in [0, 0.1) is 0 Å². The zero-order valence-electron chi connectivity index (χ0n) is 6.57. The van der Waals surface area contributed by atoms with E-state index in [0.29, 0.717) is 11.3 Å². The van der Waals surface area contributed by atoms with Crippen LogP contribution >= 0.6 is 11.6 Å². The van der Waals surface area contributed by atoms with Crippen LogP contribution in [0.25, 0.3) is 0 Å². The van der Waals surface area contributed by atoms with Crippen LogP contribution < -0.4 is 5.46 Å². The maximum absolute atomic E-state index is 8.77. The van der Waals surface area contributed by atoms with E-state index in [4.69, 9.17) is 21.6 Å². The van der Waals surface area contributed by atoms with Gasteiger partial charge in [-0.1, -0.05) is 24.3 Å². The average Bonchev–Trinajstić information content (AvgIpc) is 2.06. The first-order valence-electron chi connectivity index (χ1n) is 3.75. The van der Waals surface area contributed by atoms with Crippen molar-refractivity contribution >= 4 is 24.2 Å². The van der Waals surface area contributed by atoms with Gasteiger partial charge in [0, 0.05) is 5.88 Å².